The maximum Gasteiger partial charge on any atom is 0.270 e. The molecule has 3 atom stereocenters. The zero-order chi connectivity index (χ0) is 27.6. The van der Waals surface area contributed by atoms with Crippen LogP contribution >= 0.6 is 0 Å². The largest absolute Gasteiger partial charge is 0.494 e. The van der Waals surface area contributed by atoms with E-state index in [4.69, 9.17) is 4.74 Å². The SMILES string of the molecule is CC[C@@H](C)C(=O)N[C@H](C(=O)N1CCN(C(=O)c2cc3cc(F)c(OC)cc3n2C)C[C@H]1C)C1CCCCC1. The van der Waals surface area contributed by atoms with Gasteiger partial charge >= 0.3 is 0 Å². The van der Waals surface area contributed by atoms with E-state index in [1.807, 2.05) is 25.7 Å². The van der Waals surface area contributed by atoms with Crippen molar-refractivity contribution in [1.29, 1.82) is 0 Å². The zero-order valence-electron chi connectivity index (χ0n) is 23.3. The highest BCUT2D eigenvalue weighted by molar-refractivity contribution is 5.99. The summed E-state index contributed by atoms with van der Waals surface area (Å²) < 4.78 is 21.1. The number of fused-ring (bicyclic) bond motifs is 1. The summed E-state index contributed by atoms with van der Waals surface area (Å²) in [4.78, 5) is 43.7. The summed E-state index contributed by atoms with van der Waals surface area (Å²) in [7, 11) is 3.20. The first-order chi connectivity index (χ1) is 18.2. The van der Waals surface area contributed by atoms with Crippen molar-refractivity contribution in [3.8, 4) is 5.75 Å². The van der Waals surface area contributed by atoms with Crippen LogP contribution in [-0.2, 0) is 16.6 Å². The van der Waals surface area contributed by atoms with Crippen molar-refractivity contribution in [3.63, 3.8) is 0 Å². The van der Waals surface area contributed by atoms with Crippen LogP contribution in [0.25, 0.3) is 10.9 Å². The van der Waals surface area contributed by atoms with E-state index in [2.05, 4.69) is 5.32 Å². The van der Waals surface area contributed by atoms with Gasteiger partial charge < -0.3 is 24.4 Å². The Morgan fingerprint density at radius 1 is 1.13 bits per heavy atom. The highest BCUT2D eigenvalue weighted by Crippen LogP contribution is 2.30. The number of nitrogens with one attached hydrogen (secondary N) is 1. The fourth-order valence-corrected chi connectivity index (χ4v) is 5.84. The summed E-state index contributed by atoms with van der Waals surface area (Å²) >= 11 is 0. The maximum atomic E-state index is 14.2. The average molecular weight is 529 g/mol. The van der Waals surface area contributed by atoms with Crippen LogP contribution in [0.5, 0.6) is 5.75 Å². The van der Waals surface area contributed by atoms with Gasteiger partial charge in [0.15, 0.2) is 11.6 Å². The monoisotopic (exact) mass is 528 g/mol. The minimum Gasteiger partial charge on any atom is -0.494 e. The number of aromatic nitrogens is 1. The number of hydrogen-bond acceptors (Lipinski definition) is 4. The van der Waals surface area contributed by atoms with Crippen molar-refractivity contribution in [2.24, 2.45) is 18.9 Å². The molecule has 1 aliphatic heterocycles. The number of halogens is 1. The Morgan fingerprint density at radius 3 is 2.47 bits per heavy atom. The molecule has 0 unspecified atom stereocenters. The number of carbonyl (C=O) groups excluding carboxylic acids is 3. The van der Waals surface area contributed by atoms with Crippen LogP contribution in [0.2, 0.25) is 0 Å². The van der Waals surface area contributed by atoms with Crippen molar-refractivity contribution in [1.82, 2.24) is 19.7 Å². The van der Waals surface area contributed by atoms with Gasteiger partial charge in [-0.25, -0.2) is 4.39 Å². The molecule has 2 fully saturated rings. The first-order valence-corrected chi connectivity index (χ1v) is 13.9. The van der Waals surface area contributed by atoms with E-state index in [-0.39, 0.29) is 41.3 Å². The third-order valence-electron chi connectivity index (χ3n) is 8.48. The molecular weight excluding hydrogens is 487 g/mol. The van der Waals surface area contributed by atoms with Gasteiger partial charge in [-0.15, -0.1) is 0 Å². The van der Waals surface area contributed by atoms with Crippen LogP contribution in [0, 0.1) is 17.7 Å². The quantitative estimate of drug-likeness (QED) is 0.586. The first-order valence-electron chi connectivity index (χ1n) is 13.9. The molecule has 2 aliphatic rings. The van der Waals surface area contributed by atoms with E-state index in [0.717, 1.165) is 32.1 Å². The van der Waals surface area contributed by atoms with E-state index in [9.17, 15) is 18.8 Å². The lowest BCUT2D eigenvalue weighted by atomic mass is 9.82. The molecule has 3 amide bonds. The Morgan fingerprint density at radius 2 is 1.84 bits per heavy atom. The van der Waals surface area contributed by atoms with Crippen LogP contribution in [0.4, 0.5) is 4.39 Å². The van der Waals surface area contributed by atoms with Crippen LogP contribution in [0.1, 0.15) is 69.8 Å². The summed E-state index contributed by atoms with van der Waals surface area (Å²) in [5.41, 5.74) is 1.17. The fraction of sp³-hybridized carbons (Fsp3) is 0.621. The Labute approximate surface area is 224 Å². The number of hydrogen-bond donors (Lipinski definition) is 1. The number of amides is 3. The zero-order valence-corrected chi connectivity index (χ0v) is 23.3. The highest BCUT2D eigenvalue weighted by Gasteiger charge is 2.38. The lowest BCUT2D eigenvalue weighted by Gasteiger charge is -2.43. The minimum atomic E-state index is -0.524. The molecule has 38 heavy (non-hydrogen) atoms. The number of piperazine rings is 1. The smallest absolute Gasteiger partial charge is 0.270 e. The van der Waals surface area contributed by atoms with Gasteiger partial charge in [-0.2, -0.15) is 0 Å². The van der Waals surface area contributed by atoms with Crippen molar-refractivity contribution < 1.29 is 23.5 Å². The first kappa shape index (κ1) is 27.9. The van der Waals surface area contributed by atoms with Gasteiger partial charge in [-0.3, -0.25) is 14.4 Å². The Balaban J connectivity index is 1.49. The molecule has 0 radical (unpaired) electrons. The molecule has 0 bridgehead atoms. The summed E-state index contributed by atoms with van der Waals surface area (Å²) in [6.45, 7) is 7.00. The average Bonchev–Trinajstić information content (AvgIpc) is 3.24. The molecule has 1 saturated carbocycles. The summed E-state index contributed by atoms with van der Waals surface area (Å²) in [6, 6.07) is 3.96. The maximum absolute atomic E-state index is 14.2. The van der Waals surface area contributed by atoms with Crippen molar-refractivity contribution in [2.45, 2.75) is 71.4 Å². The molecule has 208 valence electrons. The summed E-state index contributed by atoms with van der Waals surface area (Å²) in [6.07, 6.45) is 5.93. The molecule has 1 N–H and O–H groups in total. The van der Waals surface area contributed by atoms with Gasteiger partial charge in [0.2, 0.25) is 11.8 Å². The Kier molecular flexibility index (Phi) is 8.63. The number of nitrogens with zero attached hydrogens (tertiary/aromatic N) is 3. The van der Waals surface area contributed by atoms with Crippen LogP contribution in [0.15, 0.2) is 18.2 Å². The topological polar surface area (TPSA) is 83.9 Å². The highest BCUT2D eigenvalue weighted by atomic mass is 19.1. The fourth-order valence-electron chi connectivity index (χ4n) is 5.84. The number of benzene rings is 1. The van der Waals surface area contributed by atoms with Crippen molar-refractivity contribution >= 4 is 28.6 Å². The molecule has 1 aromatic carbocycles. The standard InChI is InChI=1S/C29H41FN4O4/c1-6-18(2)27(35)31-26(20-10-8-7-9-11-20)29(37)34-13-12-33(17-19(34)3)28(36)24-15-21-14-22(30)25(38-5)16-23(21)32(24)4/h14-16,18-20,26H,6-13,17H2,1-5H3,(H,31,35)/t18-,19-,26+/m1/s1. The molecule has 2 heterocycles. The Bertz CT molecular complexity index is 1190. The number of ether oxygens (including phenoxy) is 1. The third kappa shape index (κ3) is 5.52. The number of aryl methyl sites for hydroxylation is 1. The van der Waals surface area contributed by atoms with Gasteiger partial charge in [0, 0.05) is 50.1 Å². The van der Waals surface area contributed by atoms with E-state index in [0.29, 0.717) is 36.2 Å². The molecule has 1 saturated heterocycles. The van der Waals surface area contributed by atoms with E-state index >= 15 is 0 Å². The lowest BCUT2D eigenvalue weighted by molar-refractivity contribution is -0.142. The number of rotatable bonds is 7. The molecule has 1 aromatic heterocycles. The van der Waals surface area contributed by atoms with Crippen LogP contribution < -0.4 is 10.1 Å². The number of carbonyl (C=O) groups is 3. The lowest BCUT2D eigenvalue weighted by Crippen LogP contribution is -2.61. The number of methoxy groups -OCH3 is 1. The molecule has 1 aliphatic carbocycles. The van der Waals surface area contributed by atoms with Gasteiger partial charge in [0.25, 0.3) is 5.91 Å². The molecule has 8 nitrogen and oxygen atoms in total. The molecular formula is C29H41FN4O4. The predicted octanol–water partition coefficient (Wildman–Crippen LogP) is 4.11. The van der Waals surface area contributed by atoms with Gasteiger partial charge in [0.1, 0.15) is 11.7 Å². The summed E-state index contributed by atoms with van der Waals surface area (Å²) in [5.74, 6) is -0.609. The molecule has 9 heteroatoms. The predicted molar refractivity (Wildman–Crippen MR) is 144 cm³/mol. The van der Waals surface area contributed by atoms with Crippen LogP contribution in [-0.4, -0.2) is 70.9 Å². The third-order valence-corrected chi connectivity index (χ3v) is 8.48. The van der Waals surface area contributed by atoms with Gasteiger partial charge in [0.05, 0.1) is 12.6 Å². The van der Waals surface area contributed by atoms with E-state index < -0.39 is 11.9 Å². The Hall–Kier alpha value is -3.10. The van der Waals surface area contributed by atoms with Crippen LogP contribution in [0.3, 0.4) is 0 Å². The van der Waals surface area contributed by atoms with E-state index in [1.54, 1.807) is 28.6 Å². The second-order valence-corrected chi connectivity index (χ2v) is 11.0. The molecule has 2 aromatic rings. The minimum absolute atomic E-state index is 0.0414. The van der Waals surface area contributed by atoms with Crippen molar-refractivity contribution in [3.05, 3.63) is 29.7 Å². The summed E-state index contributed by atoms with van der Waals surface area (Å²) in [5, 5.41) is 3.72. The second-order valence-electron chi connectivity index (χ2n) is 11.0. The van der Waals surface area contributed by atoms with Gasteiger partial charge in [-0.1, -0.05) is 33.1 Å². The second kappa shape index (κ2) is 11.7. The van der Waals surface area contributed by atoms with Crippen molar-refractivity contribution in [2.75, 3.05) is 26.7 Å². The van der Waals surface area contributed by atoms with Gasteiger partial charge in [-0.05, 0) is 44.2 Å². The normalized spacial score (nSPS) is 20.3. The molecule has 0 spiro atoms. The molecule has 4 rings (SSSR count). The van der Waals surface area contributed by atoms with E-state index in [1.165, 1.54) is 19.6 Å².